The lowest BCUT2D eigenvalue weighted by atomic mass is 9.97. The molecule has 0 unspecified atom stereocenters. The molecule has 3 heteroatoms. The summed E-state index contributed by atoms with van der Waals surface area (Å²) in [5.74, 6) is -1.03. The molecular weight excluding hydrogens is 256 g/mol. The van der Waals surface area contributed by atoms with Gasteiger partial charge in [-0.3, -0.25) is 0 Å². The zero-order valence-electron chi connectivity index (χ0n) is 11.3. The monoisotopic (exact) mass is 273 g/mol. The normalized spacial score (nSPS) is 14.7. The van der Waals surface area contributed by atoms with E-state index >= 15 is 0 Å². The molecule has 1 heterocycles. The Labute approximate surface area is 117 Å². The quantitative estimate of drug-likeness (QED) is 0.885. The molecule has 20 heavy (non-hydrogen) atoms. The molecule has 0 atom stereocenters. The van der Waals surface area contributed by atoms with Gasteiger partial charge in [0.05, 0.1) is 0 Å². The van der Waals surface area contributed by atoms with Crippen molar-refractivity contribution in [2.45, 2.75) is 19.3 Å². The molecule has 0 fully saturated rings. The minimum absolute atomic E-state index is 0.515. The van der Waals surface area contributed by atoms with Crippen molar-refractivity contribution in [1.29, 1.82) is 0 Å². The van der Waals surface area contributed by atoms with Crippen molar-refractivity contribution < 1.29 is 8.78 Å². The van der Waals surface area contributed by atoms with Crippen LogP contribution in [-0.2, 0) is 19.3 Å². The first-order valence-corrected chi connectivity index (χ1v) is 6.97. The lowest BCUT2D eigenvalue weighted by Crippen LogP contribution is -2.16. The molecule has 104 valence electrons. The topological polar surface area (TPSA) is 12.0 Å². The van der Waals surface area contributed by atoms with Gasteiger partial charge in [0.2, 0.25) is 0 Å². The van der Waals surface area contributed by atoms with E-state index in [1.54, 1.807) is 0 Å². The summed E-state index contributed by atoms with van der Waals surface area (Å²) in [6, 6.07) is 10.1. The maximum atomic E-state index is 13.2. The summed E-state index contributed by atoms with van der Waals surface area (Å²) >= 11 is 0. The van der Waals surface area contributed by atoms with E-state index in [4.69, 9.17) is 0 Å². The van der Waals surface area contributed by atoms with E-state index in [9.17, 15) is 8.78 Å². The Morgan fingerprint density at radius 3 is 2.25 bits per heavy atom. The van der Waals surface area contributed by atoms with Gasteiger partial charge in [0.15, 0.2) is 0 Å². The summed E-state index contributed by atoms with van der Waals surface area (Å²) in [5, 5.41) is 3.38. The summed E-state index contributed by atoms with van der Waals surface area (Å²) < 4.78 is 26.4. The van der Waals surface area contributed by atoms with Crippen molar-refractivity contribution in [2.75, 3.05) is 13.1 Å². The smallest absolute Gasteiger partial charge is 0.126 e. The SMILES string of the molecule is Fc1cc(F)cc(Cc2ccc3c(c2)CCNCC3)c1. The first-order valence-electron chi connectivity index (χ1n) is 6.97. The highest BCUT2D eigenvalue weighted by Gasteiger charge is 2.09. The van der Waals surface area contributed by atoms with Gasteiger partial charge in [-0.1, -0.05) is 18.2 Å². The Kier molecular flexibility index (Phi) is 3.79. The van der Waals surface area contributed by atoms with Crippen LogP contribution in [0.1, 0.15) is 22.3 Å². The van der Waals surface area contributed by atoms with Gasteiger partial charge in [0.1, 0.15) is 11.6 Å². The van der Waals surface area contributed by atoms with E-state index in [0.717, 1.165) is 37.6 Å². The molecule has 2 aromatic rings. The van der Waals surface area contributed by atoms with E-state index in [0.29, 0.717) is 12.0 Å². The predicted octanol–water partition coefficient (Wildman–Crippen LogP) is 3.24. The highest BCUT2D eigenvalue weighted by atomic mass is 19.1. The summed E-state index contributed by atoms with van der Waals surface area (Å²) in [6.45, 7) is 2.01. The van der Waals surface area contributed by atoms with Crippen LogP contribution in [0.2, 0.25) is 0 Å². The molecule has 1 aliphatic heterocycles. The minimum Gasteiger partial charge on any atom is -0.316 e. The van der Waals surface area contributed by atoms with Crippen LogP contribution in [0, 0.1) is 11.6 Å². The van der Waals surface area contributed by atoms with Crippen molar-refractivity contribution in [3.05, 3.63) is 70.3 Å². The van der Waals surface area contributed by atoms with E-state index in [2.05, 4.69) is 23.5 Å². The first-order chi connectivity index (χ1) is 9.70. The average molecular weight is 273 g/mol. The highest BCUT2D eigenvalue weighted by molar-refractivity contribution is 5.36. The van der Waals surface area contributed by atoms with Gasteiger partial charge in [0.25, 0.3) is 0 Å². The summed E-state index contributed by atoms with van der Waals surface area (Å²) in [4.78, 5) is 0. The molecule has 1 nitrogen and oxygen atoms in total. The number of halogens is 2. The lowest BCUT2D eigenvalue weighted by Gasteiger charge is -2.09. The standard InChI is InChI=1S/C17H17F2N/c18-16-9-13(10-17(19)11-16)7-12-1-2-14-3-5-20-6-4-15(14)8-12/h1-2,8-11,20H,3-7H2. The van der Waals surface area contributed by atoms with Gasteiger partial charge in [-0.15, -0.1) is 0 Å². The van der Waals surface area contributed by atoms with Crippen LogP contribution in [0.5, 0.6) is 0 Å². The van der Waals surface area contributed by atoms with Crippen LogP contribution in [0.3, 0.4) is 0 Å². The number of hydrogen-bond donors (Lipinski definition) is 1. The lowest BCUT2D eigenvalue weighted by molar-refractivity contribution is 0.580. The Morgan fingerprint density at radius 2 is 1.50 bits per heavy atom. The first kappa shape index (κ1) is 13.3. The third-order valence-electron chi connectivity index (χ3n) is 3.74. The second-order valence-corrected chi connectivity index (χ2v) is 5.31. The van der Waals surface area contributed by atoms with E-state index < -0.39 is 11.6 Å². The molecule has 1 aliphatic rings. The third kappa shape index (κ3) is 3.05. The number of rotatable bonds is 2. The fraction of sp³-hybridized carbons (Fsp3) is 0.294. The fourth-order valence-electron chi connectivity index (χ4n) is 2.79. The summed E-state index contributed by atoms with van der Waals surface area (Å²) in [7, 11) is 0. The maximum Gasteiger partial charge on any atom is 0.126 e. The van der Waals surface area contributed by atoms with E-state index in [1.165, 1.54) is 23.3 Å². The molecular formula is C17H17F2N. The third-order valence-corrected chi connectivity index (χ3v) is 3.74. The van der Waals surface area contributed by atoms with Crippen molar-refractivity contribution in [3.8, 4) is 0 Å². The van der Waals surface area contributed by atoms with Crippen LogP contribution in [0.25, 0.3) is 0 Å². The zero-order valence-corrected chi connectivity index (χ0v) is 11.3. The highest BCUT2D eigenvalue weighted by Crippen LogP contribution is 2.19. The number of fused-ring (bicyclic) bond motifs is 1. The molecule has 0 radical (unpaired) electrons. The van der Waals surface area contributed by atoms with Gasteiger partial charge in [-0.25, -0.2) is 8.78 Å². The number of hydrogen-bond acceptors (Lipinski definition) is 1. The van der Waals surface area contributed by atoms with Crippen LogP contribution in [-0.4, -0.2) is 13.1 Å². The predicted molar refractivity (Wildman–Crippen MR) is 75.9 cm³/mol. The van der Waals surface area contributed by atoms with Crippen LogP contribution >= 0.6 is 0 Å². The molecule has 0 aliphatic carbocycles. The molecule has 1 N–H and O–H groups in total. The van der Waals surface area contributed by atoms with Crippen LogP contribution in [0.4, 0.5) is 8.78 Å². The largest absolute Gasteiger partial charge is 0.316 e. The van der Waals surface area contributed by atoms with E-state index in [1.807, 2.05) is 0 Å². The second-order valence-electron chi connectivity index (χ2n) is 5.31. The van der Waals surface area contributed by atoms with Crippen molar-refractivity contribution >= 4 is 0 Å². The molecule has 0 saturated heterocycles. The van der Waals surface area contributed by atoms with E-state index in [-0.39, 0.29) is 0 Å². The summed E-state index contributed by atoms with van der Waals surface area (Å²) in [6.07, 6.45) is 2.63. The van der Waals surface area contributed by atoms with Gasteiger partial charge in [-0.05, 0) is 66.7 Å². The zero-order chi connectivity index (χ0) is 13.9. The van der Waals surface area contributed by atoms with Crippen LogP contribution < -0.4 is 5.32 Å². The fourth-order valence-corrected chi connectivity index (χ4v) is 2.79. The van der Waals surface area contributed by atoms with Gasteiger partial charge >= 0.3 is 0 Å². The molecule has 0 bridgehead atoms. The molecule has 0 aromatic heterocycles. The van der Waals surface area contributed by atoms with Crippen molar-refractivity contribution in [2.24, 2.45) is 0 Å². The number of nitrogens with one attached hydrogen (secondary N) is 1. The van der Waals surface area contributed by atoms with Crippen molar-refractivity contribution in [3.63, 3.8) is 0 Å². The number of benzene rings is 2. The Balaban J connectivity index is 1.85. The average Bonchev–Trinajstić information content (AvgIpc) is 2.62. The molecule has 3 rings (SSSR count). The Morgan fingerprint density at radius 1 is 0.800 bits per heavy atom. The molecule has 0 saturated carbocycles. The molecule has 0 amide bonds. The van der Waals surface area contributed by atoms with Crippen LogP contribution in [0.15, 0.2) is 36.4 Å². The molecule has 0 spiro atoms. The summed E-state index contributed by atoms with van der Waals surface area (Å²) in [5.41, 5.74) is 4.51. The second kappa shape index (κ2) is 5.71. The maximum absolute atomic E-state index is 13.2. The molecule has 2 aromatic carbocycles. The van der Waals surface area contributed by atoms with Gasteiger partial charge in [-0.2, -0.15) is 0 Å². The Bertz CT molecular complexity index is 602. The van der Waals surface area contributed by atoms with Gasteiger partial charge in [0, 0.05) is 6.07 Å². The van der Waals surface area contributed by atoms with Gasteiger partial charge < -0.3 is 5.32 Å². The Hall–Kier alpha value is -1.74. The minimum atomic E-state index is -0.515. The van der Waals surface area contributed by atoms with Crippen molar-refractivity contribution in [1.82, 2.24) is 5.32 Å².